The molecule has 0 spiro atoms. The number of carbonyl (C=O) groups excluding carboxylic acids is 1. The maximum atomic E-state index is 13.1. The predicted octanol–water partition coefficient (Wildman–Crippen LogP) is 4.27. The molecule has 2 rings (SSSR count). The highest BCUT2D eigenvalue weighted by Gasteiger charge is 2.12. The van der Waals surface area contributed by atoms with Crippen LogP contribution in [0.25, 0.3) is 0 Å². The van der Waals surface area contributed by atoms with Crippen molar-refractivity contribution in [3.63, 3.8) is 0 Å². The van der Waals surface area contributed by atoms with E-state index in [-0.39, 0.29) is 18.0 Å². The van der Waals surface area contributed by atoms with Crippen molar-refractivity contribution in [3.05, 3.63) is 56.5 Å². The Morgan fingerprint density at radius 3 is 2.76 bits per heavy atom. The Labute approximate surface area is 108 Å². The SMILES string of the molecule is Cc1ccc(F)cc1C(=O)Cc1ccc(Cl)s1. The van der Waals surface area contributed by atoms with E-state index in [1.165, 1.54) is 23.5 Å². The lowest BCUT2D eigenvalue weighted by Crippen LogP contribution is -2.05. The molecule has 0 amide bonds. The summed E-state index contributed by atoms with van der Waals surface area (Å²) in [4.78, 5) is 12.9. The van der Waals surface area contributed by atoms with Crippen molar-refractivity contribution in [2.75, 3.05) is 0 Å². The summed E-state index contributed by atoms with van der Waals surface area (Å²) in [7, 11) is 0. The van der Waals surface area contributed by atoms with E-state index in [2.05, 4.69) is 0 Å². The number of ketones is 1. The van der Waals surface area contributed by atoms with Crippen LogP contribution in [0.15, 0.2) is 30.3 Å². The van der Waals surface area contributed by atoms with E-state index in [4.69, 9.17) is 11.6 Å². The first-order chi connectivity index (χ1) is 8.06. The van der Waals surface area contributed by atoms with E-state index >= 15 is 0 Å². The zero-order valence-corrected chi connectivity index (χ0v) is 10.7. The molecule has 4 heteroatoms. The summed E-state index contributed by atoms with van der Waals surface area (Å²) >= 11 is 7.17. The standard InChI is InChI=1S/C13H10ClFOS/c1-8-2-3-9(15)6-11(8)12(16)7-10-4-5-13(14)17-10/h2-6H,7H2,1H3. The van der Waals surface area contributed by atoms with Crippen molar-refractivity contribution >= 4 is 28.7 Å². The highest BCUT2D eigenvalue weighted by Crippen LogP contribution is 2.23. The summed E-state index contributed by atoms with van der Waals surface area (Å²) in [6.45, 7) is 1.80. The molecule has 0 fully saturated rings. The molecular weight excluding hydrogens is 259 g/mol. The lowest BCUT2D eigenvalue weighted by molar-refractivity contribution is 0.0993. The molecule has 0 unspecified atom stereocenters. The smallest absolute Gasteiger partial charge is 0.168 e. The third-order valence-electron chi connectivity index (χ3n) is 2.46. The Balaban J connectivity index is 2.22. The molecule has 0 bridgehead atoms. The van der Waals surface area contributed by atoms with Crippen LogP contribution in [0.4, 0.5) is 4.39 Å². The number of aryl methyl sites for hydroxylation is 1. The van der Waals surface area contributed by atoms with Crippen molar-refractivity contribution in [2.24, 2.45) is 0 Å². The van der Waals surface area contributed by atoms with Crippen LogP contribution in [0.3, 0.4) is 0 Å². The van der Waals surface area contributed by atoms with Crippen LogP contribution in [0, 0.1) is 12.7 Å². The fourth-order valence-electron chi connectivity index (χ4n) is 1.59. The Hall–Kier alpha value is -1.19. The van der Waals surface area contributed by atoms with Crippen LogP contribution < -0.4 is 0 Å². The van der Waals surface area contributed by atoms with Gasteiger partial charge < -0.3 is 0 Å². The molecule has 0 aliphatic rings. The third kappa shape index (κ3) is 2.93. The topological polar surface area (TPSA) is 17.1 Å². The van der Waals surface area contributed by atoms with Gasteiger partial charge in [-0.2, -0.15) is 0 Å². The van der Waals surface area contributed by atoms with Crippen LogP contribution >= 0.6 is 22.9 Å². The molecule has 0 radical (unpaired) electrons. The van der Waals surface area contributed by atoms with Gasteiger partial charge in [-0.1, -0.05) is 17.7 Å². The van der Waals surface area contributed by atoms with E-state index in [1.54, 1.807) is 19.1 Å². The van der Waals surface area contributed by atoms with E-state index in [1.807, 2.05) is 6.07 Å². The molecule has 17 heavy (non-hydrogen) atoms. The van der Waals surface area contributed by atoms with Gasteiger partial charge in [0.15, 0.2) is 5.78 Å². The minimum absolute atomic E-state index is 0.0829. The molecule has 0 aliphatic heterocycles. The van der Waals surface area contributed by atoms with Gasteiger partial charge in [-0.05, 0) is 36.8 Å². The second-order valence-corrected chi connectivity index (χ2v) is 5.56. The molecule has 88 valence electrons. The highest BCUT2D eigenvalue weighted by molar-refractivity contribution is 7.16. The van der Waals surface area contributed by atoms with Crippen molar-refractivity contribution < 1.29 is 9.18 Å². The highest BCUT2D eigenvalue weighted by atomic mass is 35.5. The van der Waals surface area contributed by atoms with Crippen LogP contribution in [-0.2, 0) is 6.42 Å². The first kappa shape index (κ1) is 12.3. The first-order valence-corrected chi connectivity index (χ1v) is 6.29. The van der Waals surface area contributed by atoms with Crippen molar-refractivity contribution in [1.82, 2.24) is 0 Å². The average Bonchev–Trinajstić information content (AvgIpc) is 2.67. The fourth-order valence-corrected chi connectivity index (χ4v) is 2.68. The predicted molar refractivity (Wildman–Crippen MR) is 68.5 cm³/mol. The number of hydrogen-bond donors (Lipinski definition) is 0. The number of halogens is 2. The molecule has 0 atom stereocenters. The van der Waals surface area contributed by atoms with Gasteiger partial charge in [-0.15, -0.1) is 11.3 Å². The van der Waals surface area contributed by atoms with E-state index in [9.17, 15) is 9.18 Å². The second kappa shape index (κ2) is 4.98. The zero-order valence-electron chi connectivity index (χ0n) is 9.17. The van der Waals surface area contributed by atoms with Crippen molar-refractivity contribution in [3.8, 4) is 0 Å². The molecular formula is C13H10ClFOS. The van der Waals surface area contributed by atoms with Crippen LogP contribution in [0.5, 0.6) is 0 Å². The number of benzene rings is 1. The number of rotatable bonds is 3. The van der Waals surface area contributed by atoms with Gasteiger partial charge in [0.05, 0.1) is 4.34 Å². The van der Waals surface area contributed by atoms with Gasteiger partial charge in [0.2, 0.25) is 0 Å². The Morgan fingerprint density at radius 1 is 1.35 bits per heavy atom. The molecule has 1 heterocycles. The van der Waals surface area contributed by atoms with Crippen LogP contribution in [0.2, 0.25) is 4.34 Å². The zero-order chi connectivity index (χ0) is 12.4. The second-order valence-electron chi connectivity index (χ2n) is 3.77. The van der Waals surface area contributed by atoms with Gasteiger partial charge in [0, 0.05) is 16.9 Å². The minimum Gasteiger partial charge on any atom is -0.294 e. The molecule has 0 saturated carbocycles. The summed E-state index contributed by atoms with van der Waals surface area (Å²) < 4.78 is 13.7. The number of thiophene rings is 1. The van der Waals surface area contributed by atoms with Crippen LogP contribution in [0.1, 0.15) is 20.8 Å². The largest absolute Gasteiger partial charge is 0.294 e. The van der Waals surface area contributed by atoms with E-state index in [0.29, 0.717) is 9.90 Å². The summed E-state index contributed by atoms with van der Waals surface area (Å²) in [5.74, 6) is -0.469. The third-order valence-corrected chi connectivity index (χ3v) is 3.69. The molecule has 0 aliphatic carbocycles. The Bertz CT molecular complexity index is 562. The number of carbonyl (C=O) groups is 1. The Kier molecular flexibility index (Phi) is 3.60. The summed E-state index contributed by atoms with van der Waals surface area (Å²) in [5.41, 5.74) is 1.23. The fraction of sp³-hybridized carbons (Fsp3) is 0.154. The maximum absolute atomic E-state index is 13.1. The summed E-state index contributed by atoms with van der Waals surface area (Å²) in [6, 6.07) is 7.83. The van der Waals surface area contributed by atoms with Crippen molar-refractivity contribution in [1.29, 1.82) is 0 Å². The maximum Gasteiger partial charge on any atom is 0.168 e. The minimum atomic E-state index is -0.386. The van der Waals surface area contributed by atoms with Crippen LogP contribution in [-0.4, -0.2) is 5.78 Å². The van der Waals surface area contributed by atoms with Gasteiger partial charge in [-0.25, -0.2) is 4.39 Å². The normalized spacial score (nSPS) is 10.5. The lowest BCUT2D eigenvalue weighted by atomic mass is 10.0. The molecule has 0 N–H and O–H groups in total. The molecule has 2 aromatic rings. The van der Waals surface area contributed by atoms with Gasteiger partial charge >= 0.3 is 0 Å². The number of Topliss-reactive ketones (excluding diaryl/α,β-unsaturated/α-hetero) is 1. The quantitative estimate of drug-likeness (QED) is 0.760. The Morgan fingerprint density at radius 2 is 2.12 bits per heavy atom. The summed E-state index contributed by atoms with van der Waals surface area (Å²) in [5, 5.41) is 0. The molecule has 1 nitrogen and oxygen atoms in total. The molecule has 0 saturated heterocycles. The number of hydrogen-bond acceptors (Lipinski definition) is 2. The molecule has 1 aromatic carbocycles. The molecule has 1 aromatic heterocycles. The average molecular weight is 269 g/mol. The van der Waals surface area contributed by atoms with E-state index < -0.39 is 0 Å². The van der Waals surface area contributed by atoms with Gasteiger partial charge in [0.1, 0.15) is 5.82 Å². The lowest BCUT2D eigenvalue weighted by Gasteiger charge is -2.03. The monoisotopic (exact) mass is 268 g/mol. The van der Waals surface area contributed by atoms with Gasteiger partial charge in [0.25, 0.3) is 0 Å². The first-order valence-electron chi connectivity index (χ1n) is 5.10. The van der Waals surface area contributed by atoms with Gasteiger partial charge in [-0.3, -0.25) is 4.79 Å². The van der Waals surface area contributed by atoms with Crippen molar-refractivity contribution in [2.45, 2.75) is 13.3 Å². The summed E-state index contributed by atoms with van der Waals surface area (Å²) in [6.07, 6.45) is 0.266. The van der Waals surface area contributed by atoms with E-state index in [0.717, 1.165) is 10.4 Å².